The van der Waals surface area contributed by atoms with Gasteiger partial charge in [-0.2, -0.15) is 0 Å². The molecule has 1 fully saturated rings. The van der Waals surface area contributed by atoms with Gasteiger partial charge in [-0.1, -0.05) is 5.16 Å². The molecule has 1 amide bonds. The van der Waals surface area contributed by atoms with E-state index < -0.39 is 0 Å². The van der Waals surface area contributed by atoms with E-state index in [-0.39, 0.29) is 5.91 Å². The minimum Gasteiger partial charge on any atom is -0.361 e. The Balaban J connectivity index is 1.44. The molecule has 4 heterocycles. The Morgan fingerprint density at radius 2 is 2.07 bits per heavy atom. The van der Waals surface area contributed by atoms with Crippen molar-refractivity contribution in [3.05, 3.63) is 59.1 Å². The van der Waals surface area contributed by atoms with E-state index in [1.807, 2.05) is 43.9 Å². The van der Waals surface area contributed by atoms with Crippen molar-refractivity contribution >= 4 is 5.91 Å². The SMILES string of the molecule is Cc1ccc(C(=O)N2CC[C@H](Cc3cc(-c4c(C)noc4C)ncn3)C2)cn1. The van der Waals surface area contributed by atoms with Gasteiger partial charge in [0.05, 0.1) is 22.5 Å². The second-order valence-electron chi connectivity index (χ2n) is 7.39. The second kappa shape index (κ2) is 7.50. The highest BCUT2D eigenvalue weighted by molar-refractivity contribution is 5.94. The Hall–Kier alpha value is -3.09. The van der Waals surface area contributed by atoms with Crippen LogP contribution in [0, 0.1) is 26.7 Å². The van der Waals surface area contributed by atoms with Crippen LogP contribution in [-0.2, 0) is 6.42 Å². The summed E-state index contributed by atoms with van der Waals surface area (Å²) in [5.74, 6) is 1.19. The largest absolute Gasteiger partial charge is 0.361 e. The molecule has 1 aliphatic heterocycles. The van der Waals surface area contributed by atoms with Crippen LogP contribution >= 0.6 is 0 Å². The van der Waals surface area contributed by atoms with Crippen molar-refractivity contribution in [3.8, 4) is 11.3 Å². The van der Waals surface area contributed by atoms with Crippen molar-refractivity contribution in [2.75, 3.05) is 13.1 Å². The summed E-state index contributed by atoms with van der Waals surface area (Å²) in [6, 6.07) is 5.72. The van der Waals surface area contributed by atoms with Gasteiger partial charge in [-0.3, -0.25) is 9.78 Å². The molecule has 0 aliphatic carbocycles. The van der Waals surface area contributed by atoms with Crippen LogP contribution in [0.15, 0.2) is 35.2 Å². The van der Waals surface area contributed by atoms with Crippen LogP contribution in [-0.4, -0.2) is 44.0 Å². The number of nitrogens with zero attached hydrogens (tertiary/aromatic N) is 5. The van der Waals surface area contributed by atoms with Gasteiger partial charge in [0.15, 0.2) is 0 Å². The van der Waals surface area contributed by atoms with Gasteiger partial charge in [0.25, 0.3) is 5.91 Å². The molecule has 3 aromatic rings. The Bertz CT molecular complexity index is 977. The number of aryl methyl sites for hydroxylation is 3. The number of hydrogen-bond donors (Lipinski definition) is 0. The first-order valence-electron chi connectivity index (χ1n) is 9.47. The third-order valence-electron chi connectivity index (χ3n) is 5.24. The second-order valence-corrected chi connectivity index (χ2v) is 7.39. The van der Waals surface area contributed by atoms with Crippen molar-refractivity contribution in [3.63, 3.8) is 0 Å². The lowest BCUT2D eigenvalue weighted by atomic mass is 10.0. The number of likely N-dealkylation sites (tertiary alicyclic amines) is 1. The fourth-order valence-electron chi connectivity index (χ4n) is 3.75. The molecule has 7 heteroatoms. The highest BCUT2D eigenvalue weighted by Gasteiger charge is 2.27. The van der Waals surface area contributed by atoms with E-state index in [9.17, 15) is 4.79 Å². The van der Waals surface area contributed by atoms with E-state index in [1.54, 1.807) is 12.5 Å². The maximum absolute atomic E-state index is 12.7. The zero-order valence-corrected chi connectivity index (χ0v) is 16.3. The summed E-state index contributed by atoms with van der Waals surface area (Å²) in [4.78, 5) is 27.6. The smallest absolute Gasteiger partial charge is 0.255 e. The molecule has 1 aliphatic rings. The van der Waals surface area contributed by atoms with E-state index in [0.717, 1.165) is 60.0 Å². The van der Waals surface area contributed by atoms with E-state index in [2.05, 4.69) is 20.1 Å². The minimum absolute atomic E-state index is 0.0501. The summed E-state index contributed by atoms with van der Waals surface area (Å²) in [6.07, 6.45) is 5.03. The van der Waals surface area contributed by atoms with Gasteiger partial charge in [0, 0.05) is 30.7 Å². The van der Waals surface area contributed by atoms with Crippen LogP contribution < -0.4 is 0 Å². The number of pyridine rings is 1. The summed E-state index contributed by atoms with van der Waals surface area (Å²) < 4.78 is 5.25. The number of carbonyl (C=O) groups excluding carboxylic acids is 1. The first-order valence-corrected chi connectivity index (χ1v) is 9.47. The molecule has 144 valence electrons. The summed E-state index contributed by atoms with van der Waals surface area (Å²) in [5, 5.41) is 4.00. The molecule has 7 nitrogen and oxygen atoms in total. The zero-order valence-electron chi connectivity index (χ0n) is 16.3. The molecule has 0 spiro atoms. The molecule has 1 atom stereocenters. The van der Waals surface area contributed by atoms with Gasteiger partial charge >= 0.3 is 0 Å². The van der Waals surface area contributed by atoms with Crippen LogP contribution in [0.1, 0.15) is 39.6 Å². The number of amides is 1. The maximum Gasteiger partial charge on any atom is 0.255 e. The molecule has 1 saturated heterocycles. The first-order chi connectivity index (χ1) is 13.5. The molecular weight excluding hydrogens is 354 g/mol. The molecule has 4 rings (SSSR count). The topological polar surface area (TPSA) is 85.0 Å². The van der Waals surface area contributed by atoms with E-state index >= 15 is 0 Å². The van der Waals surface area contributed by atoms with E-state index in [0.29, 0.717) is 11.5 Å². The third-order valence-corrected chi connectivity index (χ3v) is 5.24. The van der Waals surface area contributed by atoms with Crippen molar-refractivity contribution in [1.29, 1.82) is 0 Å². The molecular formula is C21H23N5O2. The normalized spacial score (nSPS) is 16.5. The predicted molar refractivity (Wildman–Crippen MR) is 104 cm³/mol. The Morgan fingerprint density at radius 3 is 2.79 bits per heavy atom. The monoisotopic (exact) mass is 377 g/mol. The fraction of sp³-hybridized carbons (Fsp3) is 0.381. The van der Waals surface area contributed by atoms with Crippen molar-refractivity contribution in [1.82, 2.24) is 25.0 Å². The van der Waals surface area contributed by atoms with Crippen molar-refractivity contribution in [2.45, 2.75) is 33.6 Å². The predicted octanol–water partition coefficient (Wildman–Crippen LogP) is 3.16. The molecule has 0 aromatic carbocycles. The van der Waals surface area contributed by atoms with Gasteiger partial charge in [-0.05, 0) is 57.7 Å². The average molecular weight is 377 g/mol. The molecule has 0 saturated carbocycles. The lowest BCUT2D eigenvalue weighted by Gasteiger charge is -2.16. The zero-order chi connectivity index (χ0) is 19.7. The number of hydrogen-bond acceptors (Lipinski definition) is 6. The van der Waals surface area contributed by atoms with Crippen molar-refractivity contribution in [2.24, 2.45) is 5.92 Å². The van der Waals surface area contributed by atoms with Gasteiger partial charge in [0.1, 0.15) is 12.1 Å². The molecule has 0 radical (unpaired) electrons. The van der Waals surface area contributed by atoms with Crippen LogP contribution in [0.5, 0.6) is 0 Å². The molecule has 28 heavy (non-hydrogen) atoms. The lowest BCUT2D eigenvalue weighted by Crippen LogP contribution is -2.29. The van der Waals surface area contributed by atoms with Crippen LogP contribution in [0.3, 0.4) is 0 Å². The molecule has 0 N–H and O–H groups in total. The van der Waals surface area contributed by atoms with Crippen molar-refractivity contribution < 1.29 is 9.32 Å². The fourth-order valence-corrected chi connectivity index (χ4v) is 3.75. The van der Waals surface area contributed by atoms with Crippen LogP contribution in [0.25, 0.3) is 11.3 Å². The van der Waals surface area contributed by atoms with Crippen LogP contribution in [0.2, 0.25) is 0 Å². The standard InChI is InChI=1S/C21H23N5O2/c1-13-4-5-17(10-22-13)21(27)26-7-6-16(11-26)8-18-9-19(24-12-23-18)20-14(2)25-28-15(20)3/h4-5,9-10,12,16H,6-8,11H2,1-3H3/t16-/m1/s1. The van der Waals surface area contributed by atoms with Gasteiger partial charge in [0.2, 0.25) is 0 Å². The Morgan fingerprint density at radius 1 is 1.21 bits per heavy atom. The maximum atomic E-state index is 12.7. The summed E-state index contributed by atoms with van der Waals surface area (Å²) >= 11 is 0. The third kappa shape index (κ3) is 3.65. The summed E-state index contributed by atoms with van der Waals surface area (Å²) in [5.41, 5.74) is 5.12. The minimum atomic E-state index is 0.0501. The Labute approximate surface area is 163 Å². The van der Waals surface area contributed by atoms with E-state index in [4.69, 9.17) is 4.52 Å². The summed E-state index contributed by atoms with van der Waals surface area (Å²) in [7, 11) is 0. The van der Waals surface area contributed by atoms with Gasteiger partial charge < -0.3 is 9.42 Å². The highest BCUT2D eigenvalue weighted by Crippen LogP contribution is 2.27. The van der Waals surface area contributed by atoms with Gasteiger partial charge in [-0.15, -0.1) is 0 Å². The lowest BCUT2D eigenvalue weighted by molar-refractivity contribution is 0.0786. The van der Waals surface area contributed by atoms with Gasteiger partial charge in [-0.25, -0.2) is 9.97 Å². The summed E-state index contributed by atoms with van der Waals surface area (Å²) in [6.45, 7) is 7.21. The quantitative estimate of drug-likeness (QED) is 0.694. The average Bonchev–Trinajstić information content (AvgIpc) is 3.28. The van der Waals surface area contributed by atoms with E-state index in [1.165, 1.54) is 0 Å². The van der Waals surface area contributed by atoms with Crippen LogP contribution in [0.4, 0.5) is 0 Å². The highest BCUT2D eigenvalue weighted by atomic mass is 16.5. The Kier molecular flexibility index (Phi) is 4.90. The number of rotatable bonds is 4. The molecule has 3 aromatic heterocycles. The molecule has 0 bridgehead atoms. The first kappa shape index (κ1) is 18.3. The number of carbonyl (C=O) groups is 1. The molecule has 0 unspecified atom stereocenters. The number of aromatic nitrogens is 4.